The molecule has 0 saturated carbocycles. The summed E-state index contributed by atoms with van der Waals surface area (Å²) in [5.74, 6) is 1.60. The van der Waals surface area contributed by atoms with E-state index in [0.29, 0.717) is 6.54 Å². The van der Waals surface area contributed by atoms with Crippen LogP contribution < -0.4 is 0 Å². The molecule has 0 bridgehead atoms. The zero-order valence-corrected chi connectivity index (χ0v) is 16.8. The van der Waals surface area contributed by atoms with Crippen molar-refractivity contribution in [1.29, 1.82) is 0 Å². The van der Waals surface area contributed by atoms with E-state index in [0.717, 1.165) is 34.1 Å². The standard InChI is InChI=1S/C27H22N2O/c1-20-14-16-23(17-15-20)26-25(22-11-6-3-7-12-22)28-27(24-13-8-18-30-24)29(26)19-21-9-4-2-5-10-21/h2-18H,19H2,1H3. The van der Waals surface area contributed by atoms with Crippen LogP contribution in [-0.4, -0.2) is 9.55 Å². The highest BCUT2D eigenvalue weighted by Gasteiger charge is 2.22. The van der Waals surface area contributed by atoms with Crippen molar-refractivity contribution in [2.45, 2.75) is 13.5 Å². The second-order valence-corrected chi connectivity index (χ2v) is 7.41. The summed E-state index contributed by atoms with van der Waals surface area (Å²) in [5.41, 5.74) is 6.74. The van der Waals surface area contributed by atoms with Crippen LogP contribution >= 0.6 is 0 Å². The van der Waals surface area contributed by atoms with Crippen LogP contribution in [0.25, 0.3) is 34.1 Å². The molecule has 30 heavy (non-hydrogen) atoms. The first-order chi connectivity index (χ1) is 14.8. The summed E-state index contributed by atoms with van der Waals surface area (Å²) < 4.78 is 8.04. The molecule has 3 heteroatoms. The molecule has 0 radical (unpaired) electrons. The van der Waals surface area contributed by atoms with Gasteiger partial charge in [0.25, 0.3) is 0 Å². The Morgan fingerprint density at radius 2 is 1.43 bits per heavy atom. The Balaban J connectivity index is 1.79. The zero-order chi connectivity index (χ0) is 20.3. The lowest BCUT2D eigenvalue weighted by atomic mass is 10.0. The summed E-state index contributed by atoms with van der Waals surface area (Å²) in [5, 5.41) is 0. The van der Waals surface area contributed by atoms with E-state index in [1.807, 2.05) is 24.3 Å². The number of aromatic nitrogens is 2. The Kier molecular flexibility index (Phi) is 4.78. The van der Waals surface area contributed by atoms with E-state index in [1.165, 1.54) is 11.1 Å². The van der Waals surface area contributed by atoms with Crippen LogP contribution in [0.15, 0.2) is 108 Å². The summed E-state index contributed by atoms with van der Waals surface area (Å²) >= 11 is 0. The van der Waals surface area contributed by atoms with E-state index in [4.69, 9.17) is 9.40 Å². The van der Waals surface area contributed by atoms with Gasteiger partial charge in [-0.05, 0) is 24.6 Å². The number of rotatable bonds is 5. The highest BCUT2D eigenvalue weighted by molar-refractivity contribution is 5.81. The van der Waals surface area contributed by atoms with Crippen molar-refractivity contribution in [3.8, 4) is 34.1 Å². The molecule has 0 aliphatic heterocycles. The zero-order valence-electron chi connectivity index (χ0n) is 16.8. The van der Waals surface area contributed by atoms with Gasteiger partial charge in [0.15, 0.2) is 11.6 Å². The van der Waals surface area contributed by atoms with Gasteiger partial charge in [0, 0.05) is 17.7 Å². The Morgan fingerprint density at radius 1 is 0.733 bits per heavy atom. The minimum absolute atomic E-state index is 0.708. The highest BCUT2D eigenvalue weighted by atomic mass is 16.3. The fraction of sp³-hybridized carbons (Fsp3) is 0.0741. The molecular weight excluding hydrogens is 368 g/mol. The average molecular weight is 390 g/mol. The van der Waals surface area contributed by atoms with Gasteiger partial charge in [-0.3, -0.25) is 0 Å². The number of hydrogen-bond donors (Lipinski definition) is 0. The third-order valence-corrected chi connectivity index (χ3v) is 5.26. The van der Waals surface area contributed by atoms with E-state index in [2.05, 4.69) is 84.3 Å². The quantitative estimate of drug-likeness (QED) is 0.329. The molecule has 0 unspecified atom stereocenters. The van der Waals surface area contributed by atoms with Crippen LogP contribution in [0, 0.1) is 6.92 Å². The van der Waals surface area contributed by atoms with E-state index in [1.54, 1.807) is 6.26 Å². The maximum atomic E-state index is 5.77. The van der Waals surface area contributed by atoms with Gasteiger partial charge in [0.1, 0.15) is 0 Å². The summed E-state index contributed by atoms with van der Waals surface area (Å²) in [6.45, 7) is 2.82. The first-order valence-corrected chi connectivity index (χ1v) is 10.1. The predicted octanol–water partition coefficient (Wildman–Crippen LogP) is 6.83. The maximum Gasteiger partial charge on any atom is 0.177 e. The smallest absolute Gasteiger partial charge is 0.177 e. The van der Waals surface area contributed by atoms with Gasteiger partial charge >= 0.3 is 0 Å². The summed E-state index contributed by atoms with van der Waals surface area (Å²) in [7, 11) is 0. The second-order valence-electron chi connectivity index (χ2n) is 7.41. The van der Waals surface area contributed by atoms with E-state index < -0.39 is 0 Å². The van der Waals surface area contributed by atoms with Crippen molar-refractivity contribution in [2.75, 3.05) is 0 Å². The number of aryl methyl sites for hydroxylation is 1. The Hall–Kier alpha value is -3.85. The molecular formula is C27H22N2O. The van der Waals surface area contributed by atoms with Crippen LogP contribution in [0.3, 0.4) is 0 Å². The van der Waals surface area contributed by atoms with Crippen LogP contribution in [0.1, 0.15) is 11.1 Å². The number of benzene rings is 3. The Morgan fingerprint density at radius 3 is 2.10 bits per heavy atom. The minimum atomic E-state index is 0.708. The topological polar surface area (TPSA) is 31.0 Å². The van der Waals surface area contributed by atoms with E-state index in [9.17, 15) is 0 Å². The fourth-order valence-corrected chi connectivity index (χ4v) is 3.77. The molecule has 0 aliphatic carbocycles. The maximum absolute atomic E-state index is 5.77. The van der Waals surface area contributed by atoms with Gasteiger partial charge < -0.3 is 8.98 Å². The molecule has 0 fully saturated rings. The van der Waals surface area contributed by atoms with Crippen molar-refractivity contribution >= 4 is 0 Å². The molecule has 2 aromatic heterocycles. The molecule has 0 spiro atoms. The molecule has 5 rings (SSSR count). The Labute approximate surface area is 176 Å². The molecule has 5 aromatic rings. The molecule has 0 amide bonds. The second kappa shape index (κ2) is 7.88. The number of imidazole rings is 1. The Bertz CT molecular complexity index is 1240. The van der Waals surface area contributed by atoms with Crippen molar-refractivity contribution in [2.24, 2.45) is 0 Å². The summed E-state index contributed by atoms with van der Waals surface area (Å²) in [6, 6.07) is 33.4. The first kappa shape index (κ1) is 18.2. The predicted molar refractivity (Wildman–Crippen MR) is 121 cm³/mol. The third-order valence-electron chi connectivity index (χ3n) is 5.26. The fourth-order valence-electron chi connectivity index (χ4n) is 3.77. The lowest BCUT2D eigenvalue weighted by molar-refractivity contribution is 0.572. The number of furan rings is 1. The van der Waals surface area contributed by atoms with Gasteiger partial charge in [-0.25, -0.2) is 4.98 Å². The monoisotopic (exact) mass is 390 g/mol. The highest BCUT2D eigenvalue weighted by Crippen LogP contribution is 2.37. The first-order valence-electron chi connectivity index (χ1n) is 10.1. The van der Waals surface area contributed by atoms with Gasteiger partial charge in [0.2, 0.25) is 0 Å². The molecule has 0 saturated heterocycles. The van der Waals surface area contributed by atoms with Crippen molar-refractivity contribution in [1.82, 2.24) is 9.55 Å². The van der Waals surface area contributed by atoms with Crippen molar-refractivity contribution in [3.05, 3.63) is 114 Å². The van der Waals surface area contributed by atoms with Crippen molar-refractivity contribution in [3.63, 3.8) is 0 Å². The molecule has 0 atom stereocenters. The number of nitrogens with zero attached hydrogens (tertiary/aromatic N) is 2. The summed E-state index contributed by atoms with van der Waals surface area (Å²) in [6.07, 6.45) is 1.70. The molecule has 3 nitrogen and oxygen atoms in total. The van der Waals surface area contributed by atoms with E-state index >= 15 is 0 Å². The van der Waals surface area contributed by atoms with Crippen LogP contribution in [0.4, 0.5) is 0 Å². The van der Waals surface area contributed by atoms with Gasteiger partial charge in [0.05, 0.1) is 17.7 Å². The minimum Gasteiger partial charge on any atom is -0.461 e. The van der Waals surface area contributed by atoms with Crippen LogP contribution in [-0.2, 0) is 6.54 Å². The van der Waals surface area contributed by atoms with Gasteiger partial charge in [-0.15, -0.1) is 0 Å². The normalized spacial score (nSPS) is 11.0. The SMILES string of the molecule is Cc1ccc(-c2c(-c3ccccc3)nc(-c3ccco3)n2Cc2ccccc2)cc1. The molecule has 0 aliphatic rings. The molecule has 3 aromatic carbocycles. The summed E-state index contributed by atoms with van der Waals surface area (Å²) in [4.78, 5) is 5.09. The molecule has 0 N–H and O–H groups in total. The van der Waals surface area contributed by atoms with Crippen molar-refractivity contribution < 1.29 is 4.42 Å². The largest absolute Gasteiger partial charge is 0.461 e. The van der Waals surface area contributed by atoms with E-state index in [-0.39, 0.29) is 0 Å². The van der Waals surface area contributed by atoms with Gasteiger partial charge in [-0.2, -0.15) is 0 Å². The molecule has 2 heterocycles. The van der Waals surface area contributed by atoms with Crippen LogP contribution in [0.2, 0.25) is 0 Å². The molecule has 146 valence electrons. The third kappa shape index (κ3) is 3.46. The van der Waals surface area contributed by atoms with Gasteiger partial charge in [-0.1, -0.05) is 90.5 Å². The number of hydrogen-bond acceptors (Lipinski definition) is 2. The lowest BCUT2D eigenvalue weighted by Crippen LogP contribution is -2.04. The lowest BCUT2D eigenvalue weighted by Gasteiger charge is -2.13. The average Bonchev–Trinajstić information content (AvgIpc) is 3.44. The van der Waals surface area contributed by atoms with Crippen LogP contribution in [0.5, 0.6) is 0 Å².